The molecule has 3 heterocycles. The van der Waals surface area contributed by atoms with Crippen LogP contribution in [-0.4, -0.2) is 67.2 Å². The minimum Gasteiger partial charge on any atom is -0.481 e. The summed E-state index contributed by atoms with van der Waals surface area (Å²) >= 11 is 0. The molecule has 2 N–H and O–H groups in total. The maximum atomic E-state index is 12.7. The number of likely N-dealkylation sites (N-methyl/N-ethyl adjacent to an activating group) is 2. The van der Waals surface area contributed by atoms with E-state index in [1.807, 2.05) is 43.1 Å². The summed E-state index contributed by atoms with van der Waals surface area (Å²) in [6, 6.07) is 5.72. The molecule has 1 amide bonds. The van der Waals surface area contributed by atoms with E-state index in [1.54, 1.807) is 25.6 Å². The largest absolute Gasteiger partial charge is 0.481 e. The summed E-state index contributed by atoms with van der Waals surface area (Å²) in [5.74, 6) is 0.535. The molecule has 0 spiro atoms. The van der Waals surface area contributed by atoms with Gasteiger partial charge in [-0.25, -0.2) is 4.98 Å². The van der Waals surface area contributed by atoms with Crippen molar-refractivity contribution in [1.29, 1.82) is 0 Å². The van der Waals surface area contributed by atoms with E-state index in [-0.39, 0.29) is 17.5 Å². The molecule has 0 saturated carbocycles. The summed E-state index contributed by atoms with van der Waals surface area (Å²) in [5, 5.41) is 3.00. The van der Waals surface area contributed by atoms with Crippen molar-refractivity contribution in [2.24, 2.45) is 0 Å². The lowest BCUT2D eigenvalue weighted by Crippen LogP contribution is -2.50. The van der Waals surface area contributed by atoms with Crippen LogP contribution in [0, 0.1) is 0 Å². The van der Waals surface area contributed by atoms with E-state index in [2.05, 4.69) is 20.2 Å². The Kier molecular flexibility index (Phi) is 7.83. The lowest BCUT2D eigenvalue weighted by atomic mass is 10.0. The minimum atomic E-state index is -0.135. The van der Waals surface area contributed by atoms with E-state index >= 15 is 0 Å². The fraction of sp³-hybridized carbons (Fsp3) is 0.435. The van der Waals surface area contributed by atoms with E-state index in [4.69, 9.17) is 4.74 Å². The van der Waals surface area contributed by atoms with Crippen molar-refractivity contribution in [1.82, 2.24) is 20.2 Å². The van der Waals surface area contributed by atoms with E-state index in [9.17, 15) is 9.59 Å². The van der Waals surface area contributed by atoms with Crippen molar-refractivity contribution in [3.63, 3.8) is 0 Å². The molecule has 0 radical (unpaired) electrons. The standard InChI is InChI=1S/C23H31N5O3/c1-4-28(19-7-6-12-27(16-19)22(29)8-5-10-24-2)20-13-18(15-26-23(20)30)17-9-11-25-21(14-17)31-3/h5,8-9,11,13-15,19,24H,4,6-7,10,12,16H2,1-3H3,(H,26,30). The summed E-state index contributed by atoms with van der Waals surface area (Å²) in [5.41, 5.74) is 2.27. The SMILES string of the molecule is CCN(c1cc(-c2ccnc(OC)c2)c[nH]c1=O)C1CCCN(C(=O)C=CCNC)C1. The Morgan fingerprint density at radius 2 is 2.26 bits per heavy atom. The number of aromatic amines is 1. The van der Waals surface area contributed by atoms with E-state index in [0.29, 0.717) is 31.2 Å². The van der Waals surface area contributed by atoms with Gasteiger partial charge < -0.3 is 24.8 Å². The number of nitrogens with zero attached hydrogens (tertiary/aromatic N) is 3. The molecule has 1 aliphatic heterocycles. The van der Waals surface area contributed by atoms with Crippen LogP contribution in [-0.2, 0) is 4.79 Å². The second kappa shape index (κ2) is 10.8. The number of rotatable bonds is 8. The van der Waals surface area contributed by atoms with Gasteiger partial charge in [0.15, 0.2) is 0 Å². The van der Waals surface area contributed by atoms with Crippen molar-refractivity contribution in [2.75, 3.05) is 45.2 Å². The average Bonchev–Trinajstić information content (AvgIpc) is 2.81. The van der Waals surface area contributed by atoms with Crippen molar-refractivity contribution in [3.05, 3.63) is 53.1 Å². The quantitative estimate of drug-likeness (QED) is 0.629. The molecule has 2 aromatic heterocycles. The first-order valence-electron chi connectivity index (χ1n) is 10.7. The van der Waals surface area contributed by atoms with Gasteiger partial charge in [0.2, 0.25) is 11.8 Å². The average molecular weight is 426 g/mol. The first-order chi connectivity index (χ1) is 15.1. The van der Waals surface area contributed by atoms with Crippen molar-refractivity contribution in [2.45, 2.75) is 25.8 Å². The molecule has 1 saturated heterocycles. The predicted octanol–water partition coefficient (Wildman–Crippen LogP) is 2.04. The summed E-state index contributed by atoms with van der Waals surface area (Å²) in [7, 11) is 3.42. The Morgan fingerprint density at radius 1 is 1.42 bits per heavy atom. The zero-order valence-corrected chi connectivity index (χ0v) is 18.4. The molecule has 1 aliphatic rings. The predicted molar refractivity (Wildman–Crippen MR) is 123 cm³/mol. The van der Waals surface area contributed by atoms with Gasteiger partial charge in [0, 0.05) is 62.3 Å². The number of pyridine rings is 2. The summed E-state index contributed by atoms with van der Waals surface area (Å²) in [6.07, 6.45) is 8.69. The fourth-order valence-electron chi connectivity index (χ4n) is 3.97. The third kappa shape index (κ3) is 5.52. The molecule has 0 aromatic carbocycles. The number of hydrogen-bond donors (Lipinski definition) is 2. The lowest BCUT2D eigenvalue weighted by Gasteiger charge is -2.39. The fourth-order valence-corrected chi connectivity index (χ4v) is 3.97. The molecule has 0 bridgehead atoms. The molecule has 31 heavy (non-hydrogen) atoms. The highest BCUT2D eigenvalue weighted by atomic mass is 16.5. The first kappa shape index (κ1) is 22.6. The van der Waals surface area contributed by atoms with Crippen LogP contribution in [0.25, 0.3) is 11.1 Å². The molecule has 166 valence electrons. The van der Waals surface area contributed by atoms with Gasteiger partial charge >= 0.3 is 0 Å². The van der Waals surface area contributed by atoms with Gasteiger partial charge in [-0.1, -0.05) is 6.08 Å². The molecule has 3 rings (SSSR count). The minimum absolute atomic E-state index is 0.0162. The zero-order chi connectivity index (χ0) is 22.2. The van der Waals surface area contributed by atoms with Crippen LogP contribution < -0.4 is 20.5 Å². The Labute approximate surface area is 182 Å². The molecule has 1 unspecified atom stereocenters. The molecule has 8 nitrogen and oxygen atoms in total. The van der Waals surface area contributed by atoms with Crippen LogP contribution in [0.1, 0.15) is 19.8 Å². The summed E-state index contributed by atoms with van der Waals surface area (Å²) < 4.78 is 5.22. The maximum Gasteiger partial charge on any atom is 0.271 e. The number of piperidine rings is 1. The van der Waals surface area contributed by atoms with E-state index < -0.39 is 0 Å². The number of H-pyrrole nitrogens is 1. The normalized spacial score (nSPS) is 16.5. The number of likely N-dealkylation sites (tertiary alicyclic amines) is 1. The number of amides is 1. The highest BCUT2D eigenvalue weighted by Gasteiger charge is 2.28. The summed E-state index contributed by atoms with van der Waals surface area (Å²) in [4.78, 5) is 36.3. The van der Waals surface area contributed by atoms with Crippen LogP contribution in [0.2, 0.25) is 0 Å². The molecular formula is C23H31N5O3. The molecule has 1 fully saturated rings. The van der Waals surface area contributed by atoms with Crippen molar-refractivity contribution in [3.8, 4) is 17.0 Å². The number of ether oxygens (including phenoxy) is 1. The van der Waals surface area contributed by atoms with Gasteiger partial charge in [0.25, 0.3) is 5.56 Å². The number of carbonyl (C=O) groups is 1. The van der Waals surface area contributed by atoms with Gasteiger partial charge in [-0.05, 0) is 44.5 Å². The third-order valence-corrected chi connectivity index (χ3v) is 5.54. The number of hydrogen-bond acceptors (Lipinski definition) is 6. The van der Waals surface area contributed by atoms with Crippen molar-refractivity contribution >= 4 is 11.6 Å². The zero-order valence-electron chi connectivity index (χ0n) is 18.4. The molecular weight excluding hydrogens is 394 g/mol. The second-order valence-electron chi connectivity index (χ2n) is 7.52. The van der Waals surface area contributed by atoms with E-state index in [1.165, 1.54) is 0 Å². The number of methoxy groups -OCH3 is 1. The van der Waals surface area contributed by atoms with Crippen LogP contribution in [0.3, 0.4) is 0 Å². The van der Waals surface area contributed by atoms with Crippen LogP contribution in [0.15, 0.2) is 47.5 Å². The monoisotopic (exact) mass is 425 g/mol. The Bertz CT molecular complexity index is 972. The lowest BCUT2D eigenvalue weighted by molar-refractivity contribution is -0.127. The third-order valence-electron chi connectivity index (χ3n) is 5.54. The second-order valence-corrected chi connectivity index (χ2v) is 7.52. The maximum absolute atomic E-state index is 12.7. The van der Waals surface area contributed by atoms with Gasteiger partial charge in [-0.2, -0.15) is 0 Å². The molecule has 1 atom stereocenters. The topological polar surface area (TPSA) is 90.6 Å². The summed E-state index contributed by atoms with van der Waals surface area (Å²) in [6.45, 7) is 4.71. The molecule has 8 heteroatoms. The molecule has 0 aliphatic carbocycles. The number of aromatic nitrogens is 2. The Balaban J connectivity index is 1.84. The van der Waals surface area contributed by atoms with Gasteiger partial charge in [0.05, 0.1) is 7.11 Å². The van der Waals surface area contributed by atoms with Gasteiger partial charge in [-0.15, -0.1) is 0 Å². The van der Waals surface area contributed by atoms with E-state index in [0.717, 1.165) is 30.5 Å². The number of anilines is 1. The number of nitrogens with one attached hydrogen (secondary N) is 2. The van der Waals surface area contributed by atoms with Gasteiger partial charge in [0.1, 0.15) is 5.69 Å². The van der Waals surface area contributed by atoms with Crippen molar-refractivity contribution < 1.29 is 9.53 Å². The molecule has 2 aromatic rings. The first-order valence-corrected chi connectivity index (χ1v) is 10.7. The van der Waals surface area contributed by atoms with Crippen LogP contribution in [0.4, 0.5) is 5.69 Å². The Hall–Kier alpha value is -3.13. The van der Waals surface area contributed by atoms with Crippen LogP contribution >= 0.6 is 0 Å². The van der Waals surface area contributed by atoms with Gasteiger partial charge in [-0.3, -0.25) is 9.59 Å². The van der Waals surface area contributed by atoms with Crippen LogP contribution in [0.5, 0.6) is 5.88 Å². The number of carbonyl (C=O) groups excluding carboxylic acids is 1. The smallest absolute Gasteiger partial charge is 0.271 e. The highest BCUT2D eigenvalue weighted by Crippen LogP contribution is 2.26. The Morgan fingerprint density at radius 3 is 3.00 bits per heavy atom. The highest BCUT2D eigenvalue weighted by molar-refractivity contribution is 5.87.